The third-order valence-corrected chi connectivity index (χ3v) is 4.42. The Balaban J connectivity index is 0.000000203. The fraction of sp³-hybridized carbons (Fsp3) is 0.286. The molecule has 2 heterocycles. The Labute approximate surface area is 143 Å². The number of nitrogens with two attached hydrogens (primary N) is 1. The largest absolute Gasteiger partial charge is 0.361 e. The quantitative estimate of drug-likeness (QED) is 0.703. The third-order valence-electron chi connectivity index (χ3n) is 4.42. The summed E-state index contributed by atoms with van der Waals surface area (Å²) in [7, 11) is 0. The van der Waals surface area contributed by atoms with Gasteiger partial charge in [-0.15, -0.1) is 0 Å². The van der Waals surface area contributed by atoms with Crippen molar-refractivity contribution in [2.45, 2.75) is 38.1 Å². The first-order valence-electron chi connectivity index (χ1n) is 8.67. The molecule has 3 heteroatoms. The van der Waals surface area contributed by atoms with E-state index < -0.39 is 0 Å². The summed E-state index contributed by atoms with van der Waals surface area (Å²) in [5.74, 6) is 0. The van der Waals surface area contributed by atoms with Crippen molar-refractivity contribution < 1.29 is 0 Å². The van der Waals surface area contributed by atoms with Crippen LogP contribution < -0.4 is 5.73 Å². The Kier molecular flexibility index (Phi) is 5.80. The van der Waals surface area contributed by atoms with E-state index in [4.69, 9.17) is 5.73 Å². The van der Waals surface area contributed by atoms with Gasteiger partial charge in [0.2, 0.25) is 0 Å². The normalized spacial score (nSPS) is 16.6. The van der Waals surface area contributed by atoms with Gasteiger partial charge in [-0.05, 0) is 61.4 Å². The SMILES string of the molecule is NC1CC=CCC1.c1ccc2c(CCc3ccncc3)c[nH]c2c1. The Morgan fingerprint density at radius 2 is 1.88 bits per heavy atom. The monoisotopic (exact) mass is 319 g/mol. The van der Waals surface area contributed by atoms with Crippen LogP contribution in [-0.2, 0) is 12.8 Å². The van der Waals surface area contributed by atoms with Gasteiger partial charge in [0.25, 0.3) is 0 Å². The summed E-state index contributed by atoms with van der Waals surface area (Å²) in [6.45, 7) is 0. The van der Waals surface area contributed by atoms with Gasteiger partial charge in [-0.3, -0.25) is 4.98 Å². The number of aromatic nitrogens is 2. The summed E-state index contributed by atoms with van der Waals surface area (Å²) in [5.41, 5.74) is 9.53. The molecule has 4 rings (SSSR count). The molecule has 0 fully saturated rings. The molecule has 3 aromatic rings. The molecule has 1 unspecified atom stereocenters. The molecule has 3 N–H and O–H groups in total. The minimum atomic E-state index is 0.449. The van der Waals surface area contributed by atoms with E-state index in [0.717, 1.165) is 19.3 Å². The van der Waals surface area contributed by atoms with Gasteiger partial charge in [0.15, 0.2) is 0 Å². The molecule has 1 aromatic carbocycles. The lowest BCUT2D eigenvalue weighted by Crippen LogP contribution is -2.19. The molecule has 24 heavy (non-hydrogen) atoms. The summed E-state index contributed by atoms with van der Waals surface area (Å²) >= 11 is 0. The van der Waals surface area contributed by atoms with Crippen LogP contribution in [-0.4, -0.2) is 16.0 Å². The molecule has 3 nitrogen and oxygen atoms in total. The maximum absolute atomic E-state index is 5.58. The zero-order valence-electron chi connectivity index (χ0n) is 14.0. The molecule has 0 bridgehead atoms. The zero-order chi connectivity index (χ0) is 16.6. The predicted molar refractivity (Wildman–Crippen MR) is 101 cm³/mol. The predicted octanol–water partition coefficient (Wildman–Crippen LogP) is 4.40. The molecule has 1 aliphatic carbocycles. The number of aromatic amines is 1. The fourth-order valence-corrected chi connectivity index (χ4v) is 2.98. The lowest BCUT2D eigenvalue weighted by molar-refractivity contribution is 0.606. The molecule has 0 radical (unpaired) electrons. The number of benzene rings is 1. The smallest absolute Gasteiger partial charge is 0.0456 e. The van der Waals surface area contributed by atoms with E-state index in [9.17, 15) is 0 Å². The summed E-state index contributed by atoms with van der Waals surface area (Å²) in [6, 6.07) is 13.0. The van der Waals surface area contributed by atoms with Crippen molar-refractivity contribution in [2.75, 3.05) is 0 Å². The van der Waals surface area contributed by atoms with Crippen molar-refractivity contribution >= 4 is 10.9 Å². The van der Waals surface area contributed by atoms with E-state index in [-0.39, 0.29) is 0 Å². The maximum atomic E-state index is 5.58. The van der Waals surface area contributed by atoms with Crippen molar-refractivity contribution in [3.05, 3.63) is 78.3 Å². The van der Waals surface area contributed by atoms with Gasteiger partial charge in [-0.1, -0.05) is 30.4 Å². The molecule has 124 valence electrons. The molecule has 1 aliphatic rings. The van der Waals surface area contributed by atoms with Gasteiger partial charge in [0, 0.05) is 35.5 Å². The first-order valence-corrected chi connectivity index (χ1v) is 8.67. The Morgan fingerprint density at radius 3 is 2.58 bits per heavy atom. The minimum absolute atomic E-state index is 0.449. The van der Waals surface area contributed by atoms with Crippen molar-refractivity contribution in [3.63, 3.8) is 0 Å². The second-order valence-corrected chi connectivity index (χ2v) is 6.26. The Hall–Kier alpha value is -2.39. The average Bonchev–Trinajstić information content (AvgIpc) is 3.05. The van der Waals surface area contributed by atoms with Crippen LogP contribution in [0.3, 0.4) is 0 Å². The van der Waals surface area contributed by atoms with Crippen molar-refractivity contribution in [1.29, 1.82) is 0 Å². The highest BCUT2D eigenvalue weighted by atomic mass is 14.7. The second-order valence-electron chi connectivity index (χ2n) is 6.26. The first-order chi connectivity index (χ1) is 11.8. The third kappa shape index (κ3) is 4.56. The van der Waals surface area contributed by atoms with E-state index in [1.165, 1.54) is 34.9 Å². The summed E-state index contributed by atoms with van der Waals surface area (Å²) in [4.78, 5) is 7.35. The number of aryl methyl sites for hydroxylation is 2. The maximum Gasteiger partial charge on any atom is 0.0456 e. The highest BCUT2D eigenvalue weighted by Gasteiger charge is 2.03. The number of fused-ring (bicyclic) bond motifs is 1. The van der Waals surface area contributed by atoms with Crippen molar-refractivity contribution in [1.82, 2.24) is 9.97 Å². The van der Waals surface area contributed by atoms with Crippen molar-refractivity contribution in [2.24, 2.45) is 5.73 Å². The molecule has 0 spiro atoms. The van der Waals surface area contributed by atoms with E-state index >= 15 is 0 Å². The average molecular weight is 319 g/mol. The number of pyridine rings is 1. The number of para-hydroxylation sites is 1. The van der Waals surface area contributed by atoms with Gasteiger partial charge in [0.05, 0.1) is 0 Å². The lowest BCUT2D eigenvalue weighted by atomic mass is 10.0. The first kappa shape index (κ1) is 16.5. The Morgan fingerprint density at radius 1 is 1.04 bits per heavy atom. The van der Waals surface area contributed by atoms with E-state index in [2.05, 4.69) is 64.7 Å². The van der Waals surface area contributed by atoms with Crippen molar-refractivity contribution in [3.8, 4) is 0 Å². The number of allylic oxidation sites excluding steroid dienone is 1. The van der Waals surface area contributed by atoms with Crippen LogP contribution >= 0.6 is 0 Å². The van der Waals surface area contributed by atoms with E-state index in [0.29, 0.717) is 6.04 Å². The van der Waals surface area contributed by atoms with Gasteiger partial charge in [0.1, 0.15) is 0 Å². The standard InChI is InChI=1S/C15H14N2.C6H11N/c1-2-4-15-14(3-1)13(11-17-15)6-5-12-7-9-16-10-8-12;7-6-4-2-1-3-5-6/h1-4,7-11,17H,5-6H2;1-2,6H,3-5,7H2. The highest BCUT2D eigenvalue weighted by Crippen LogP contribution is 2.19. The van der Waals surface area contributed by atoms with Crippen LogP contribution in [0.15, 0.2) is 67.1 Å². The van der Waals surface area contributed by atoms with E-state index in [1.54, 1.807) is 0 Å². The second kappa shape index (κ2) is 8.46. The van der Waals surface area contributed by atoms with Gasteiger partial charge in [-0.2, -0.15) is 0 Å². The number of hydrogen-bond donors (Lipinski definition) is 2. The summed E-state index contributed by atoms with van der Waals surface area (Å²) < 4.78 is 0. The fourth-order valence-electron chi connectivity index (χ4n) is 2.98. The van der Waals surface area contributed by atoms with Crippen LogP contribution in [0.25, 0.3) is 10.9 Å². The van der Waals surface area contributed by atoms with E-state index in [1.807, 2.05) is 12.4 Å². The molecule has 2 aromatic heterocycles. The molecular formula is C21H25N3. The number of nitrogens with one attached hydrogen (secondary N) is 1. The molecule has 0 amide bonds. The van der Waals surface area contributed by atoms with Gasteiger partial charge < -0.3 is 10.7 Å². The molecule has 0 saturated heterocycles. The molecule has 1 atom stereocenters. The Bertz CT molecular complexity index is 774. The zero-order valence-corrected chi connectivity index (χ0v) is 14.0. The summed E-state index contributed by atoms with van der Waals surface area (Å²) in [6.07, 6.45) is 15.7. The number of rotatable bonds is 3. The van der Waals surface area contributed by atoms with Crippen LogP contribution in [0.1, 0.15) is 30.4 Å². The van der Waals surface area contributed by atoms with Crippen LogP contribution in [0, 0.1) is 0 Å². The number of nitrogens with zero attached hydrogens (tertiary/aromatic N) is 1. The van der Waals surface area contributed by atoms with Crippen LogP contribution in [0.5, 0.6) is 0 Å². The van der Waals surface area contributed by atoms with Gasteiger partial charge >= 0.3 is 0 Å². The number of hydrogen-bond acceptors (Lipinski definition) is 2. The molecular weight excluding hydrogens is 294 g/mol. The highest BCUT2D eigenvalue weighted by molar-refractivity contribution is 5.83. The minimum Gasteiger partial charge on any atom is -0.361 e. The van der Waals surface area contributed by atoms with Crippen LogP contribution in [0.4, 0.5) is 0 Å². The topological polar surface area (TPSA) is 54.7 Å². The summed E-state index contributed by atoms with van der Waals surface area (Å²) in [5, 5.41) is 1.33. The molecule has 0 saturated carbocycles. The molecule has 0 aliphatic heterocycles. The lowest BCUT2D eigenvalue weighted by Gasteiger charge is -2.09. The van der Waals surface area contributed by atoms with Crippen LogP contribution in [0.2, 0.25) is 0 Å². The van der Waals surface area contributed by atoms with Gasteiger partial charge in [-0.25, -0.2) is 0 Å². The number of H-pyrrole nitrogens is 1.